The Kier molecular flexibility index (Phi) is 7.38. The minimum Gasteiger partial charge on any atom is -0.477 e. The number of anilines is 1. The zero-order chi connectivity index (χ0) is 19.0. The van der Waals surface area contributed by atoms with Crippen LogP contribution < -0.4 is 5.73 Å². The van der Waals surface area contributed by atoms with Crippen LogP contribution in [-0.4, -0.2) is 41.8 Å². The van der Waals surface area contributed by atoms with Crippen molar-refractivity contribution in [2.24, 2.45) is 0 Å². The minimum atomic E-state index is -1.13. The summed E-state index contributed by atoms with van der Waals surface area (Å²) in [5, 5.41) is 9.00. The molecule has 0 radical (unpaired) electrons. The highest BCUT2D eigenvalue weighted by Gasteiger charge is 2.19. The van der Waals surface area contributed by atoms with Crippen LogP contribution in [0.4, 0.5) is 5.88 Å². The summed E-state index contributed by atoms with van der Waals surface area (Å²) in [6.07, 6.45) is 3.30. The number of furan rings is 1. The van der Waals surface area contributed by atoms with Crippen molar-refractivity contribution in [1.82, 2.24) is 4.98 Å². The maximum absolute atomic E-state index is 11.0. The summed E-state index contributed by atoms with van der Waals surface area (Å²) in [6.45, 7) is 6.59. The number of nitrogens with two attached hydrogens (primary N) is 1. The molecule has 0 saturated heterocycles. The van der Waals surface area contributed by atoms with Crippen LogP contribution in [0.1, 0.15) is 43.1 Å². The Labute approximate surface area is 145 Å². The van der Waals surface area contributed by atoms with Gasteiger partial charge in [-0.3, -0.25) is 9.78 Å². The smallest absolute Gasteiger partial charge is 0.343 e. The monoisotopic (exact) mass is 352 g/mol. The summed E-state index contributed by atoms with van der Waals surface area (Å²) in [4.78, 5) is 24.7. The van der Waals surface area contributed by atoms with Gasteiger partial charge in [0.1, 0.15) is 16.7 Å². The van der Waals surface area contributed by atoms with Crippen LogP contribution in [0, 0.1) is 0 Å². The molecule has 2 rings (SSSR count). The Morgan fingerprint density at radius 1 is 1.44 bits per heavy atom. The van der Waals surface area contributed by atoms with Crippen molar-refractivity contribution in [2.45, 2.75) is 39.2 Å². The third-order valence-corrected chi connectivity index (χ3v) is 3.04. The first-order chi connectivity index (χ1) is 11.7. The van der Waals surface area contributed by atoms with E-state index in [2.05, 4.69) is 9.72 Å². The number of carboxylic acids is 1. The molecule has 8 nitrogen and oxygen atoms in total. The number of hydrogen-bond donors (Lipinski definition) is 2. The van der Waals surface area contributed by atoms with Crippen LogP contribution in [0.25, 0.3) is 11.1 Å². The molecule has 0 aliphatic carbocycles. The first-order valence-corrected chi connectivity index (χ1v) is 7.70. The average Bonchev–Trinajstić information content (AvgIpc) is 2.82. The Balaban J connectivity index is 0.000000381. The molecule has 3 N–H and O–H groups in total. The molecule has 0 amide bonds. The zero-order valence-corrected chi connectivity index (χ0v) is 14.9. The first-order valence-electron chi connectivity index (χ1n) is 7.70. The van der Waals surface area contributed by atoms with Crippen LogP contribution >= 0.6 is 0 Å². The molecule has 2 heterocycles. The molecule has 0 bridgehead atoms. The number of aromatic nitrogens is 1. The van der Waals surface area contributed by atoms with Gasteiger partial charge in [0, 0.05) is 19.9 Å². The van der Waals surface area contributed by atoms with Crippen molar-refractivity contribution in [3.8, 4) is 0 Å². The van der Waals surface area contributed by atoms with Crippen molar-refractivity contribution >= 4 is 29.4 Å². The molecular weight excluding hydrogens is 328 g/mol. The van der Waals surface area contributed by atoms with Crippen LogP contribution in [0.3, 0.4) is 0 Å². The van der Waals surface area contributed by atoms with Crippen molar-refractivity contribution in [1.29, 1.82) is 0 Å². The van der Waals surface area contributed by atoms with E-state index in [-0.39, 0.29) is 22.6 Å². The van der Waals surface area contributed by atoms with E-state index in [4.69, 9.17) is 20.0 Å². The summed E-state index contributed by atoms with van der Waals surface area (Å²) >= 11 is 0. The standard InChI is InChI=1S/C12H14N2O4.C5H10O2/c1-17-4-2-3-7-5-8-10(14-6-7)9(12(15)16)11(13)18-8;1-5(2,3)7-4-6/h5-6H,2-4,13H2,1H3,(H,15,16);4H,1-3H3. The van der Waals surface area contributed by atoms with E-state index in [0.717, 1.165) is 18.4 Å². The number of ether oxygens (including phenoxy) is 2. The Bertz CT molecular complexity index is 718. The van der Waals surface area contributed by atoms with Crippen LogP contribution in [-0.2, 0) is 20.7 Å². The SMILES string of the molecule is CC(C)(C)OC=O.COCCCc1cnc2c(C(=O)O)c(N)oc2c1. The molecule has 0 aromatic carbocycles. The normalized spacial score (nSPS) is 10.9. The number of carbonyl (C=O) groups excluding carboxylic acids is 1. The molecule has 0 saturated carbocycles. The number of hydrogen-bond acceptors (Lipinski definition) is 7. The molecule has 0 unspecified atom stereocenters. The number of nitrogen functional groups attached to an aromatic ring is 1. The molecule has 0 aliphatic rings. The largest absolute Gasteiger partial charge is 0.477 e. The van der Waals surface area contributed by atoms with E-state index in [0.29, 0.717) is 18.7 Å². The number of nitrogens with zero attached hydrogens (tertiary/aromatic N) is 1. The van der Waals surface area contributed by atoms with Crippen molar-refractivity contribution in [3.63, 3.8) is 0 Å². The molecule has 8 heteroatoms. The second kappa shape index (κ2) is 9.03. The number of carboxylic acid groups (broad SMARTS) is 1. The lowest BCUT2D eigenvalue weighted by Gasteiger charge is -2.14. The number of rotatable bonds is 6. The van der Waals surface area contributed by atoms with Gasteiger partial charge in [-0.05, 0) is 45.2 Å². The van der Waals surface area contributed by atoms with Gasteiger partial charge in [0.15, 0.2) is 5.58 Å². The Hall–Kier alpha value is -2.61. The first kappa shape index (κ1) is 20.4. The zero-order valence-electron chi connectivity index (χ0n) is 14.9. The second-order valence-electron chi connectivity index (χ2n) is 6.26. The second-order valence-corrected chi connectivity index (χ2v) is 6.26. The summed E-state index contributed by atoms with van der Waals surface area (Å²) in [5.41, 5.74) is 6.78. The Morgan fingerprint density at radius 2 is 2.12 bits per heavy atom. The Morgan fingerprint density at radius 3 is 2.60 bits per heavy atom. The van der Waals surface area contributed by atoms with Crippen molar-refractivity contribution in [2.75, 3.05) is 19.5 Å². The van der Waals surface area contributed by atoms with Gasteiger partial charge in [0.05, 0.1) is 0 Å². The van der Waals surface area contributed by atoms with Gasteiger partial charge in [0.2, 0.25) is 5.88 Å². The summed E-state index contributed by atoms with van der Waals surface area (Å²) in [7, 11) is 1.65. The predicted molar refractivity (Wildman–Crippen MR) is 92.5 cm³/mol. The number of fused-ring (bicyclic) bond motifs is 1. The van der Waals surface area contributed by atoms with E-state index in [9.17, 15) is 9.59 Å². The maximum Gasteiger partial charge on any atom is 0.343 e. The fourth-order valence-electron chi connectivity index (χ4n) is 1.95. The van der Waals surface area contributed by atoms with Crippen molar-refractivity contribution in [3.05, 3.63) is 23.4 Å². The molecule has 2 aromatic rings. The minimum absolute atomic E-state index is 0.0755. The number of methoxy groups -OCH3 is 1. The van der Waals surface area contributed by atoms with Crippen LogP contribution in [0.2, 0.25) is 0 Å². The van der Waals surface area contributed by atoms with E-state index in [1.807, 2.05) is 20.8 Å². The summed E-state index contributed by atoms with van der Waals surface area (Å²) in [5.74, 6) is -1.25. The predicted octanol–water partition coefficient (Wildman–Crippen LogP) is 2.65. The lowest BCUT2D eigenvalue weighted by molar-refractivity contribution is -0.138. The molecule has 138 valence electrons. The summed E-state index contributed by atoms with van der Waals surface area (Å²) < 4.78 is 14.7. The van der Waals surface area contributed by atoms with Crippen LogP contribution in [0.5, 0.6) is 0 Å². The molecule has 0 fully saturated rings. The van der Waals surface area contributed by atoms with Gasteiger partial charge >= 0.3 is 5.97 Å². The highest BCUT2D eigenvalue weighted by molar-refractivity contribution is 6.05. The van der Waals surface area contributed by atoms with Gasteiger partial charge in [-0.15, -0.1) is 0 Å². The molecule has 0 spiro atoms. The third kappa shape index (κ3) is 6.42. The van der Waals surface area contributed by atoms with Crippen molar-refractivity contribution < 1.29 is 28.6 Å². The highest BCUT2D eigenvalue weighted by atomic mass is 16.5. The van der Waals surface area contributed by atoms with Crippen LogP contribution in [0.15, 0.2) is 16.7 Å². The molecule has 0 atom stereocenters. The number of aromatic carboxylic acids is 1. The maximum atomic E-state index is 11.0. The van der Waals surface area contributed by atoms with E-state index in [1.54, 1.807) is 19.4 Å². The topological polar surface area (TPSA) is 125 Å². The van der Waals surface area contributed by atoms with E-state index < -0.39 is 5.97 Å². The van der Waals surface area contributed by atoms with Gasteiger partial charge in [-0.2, -0.15) is 0 Å². The number of carbonyl (C=O) groups is 2. The number of pyridine rings is 1. The average molecular weight is 352 g/mol. The fourth-order valence-corrected chi connectivity index (χ4v) is 1.95. The van der Waals surface area contributed by atoms with Gasteiger partial charge < -0.3 is 24.7 Å². The highest BCUT2D eigenvalue weighted by Crippen LogP contribution is 2.26. The van der Waals surface area contributed by atoms with Gasteiger partial charge in [-0.1, -0.05) is 0 Å². The summed E-state index contributed by atoms with van der Waals surface area (Å²) in [6, 6.07) is 1.76. The quantitative estimate of drug-likeness (QED) is 0.600. The van der Waals surface area contributed by atoms with Gasteiger partial charge in [0.25, 0.3) is 6.47 Å². The fraction of sp³-hybridized carbons (Fsp3) is 0.471. The number of aryl methyl sites for hydroxylation is 1. The van der Waals surface area contributed by atoms with Gasteiger partial charge in [-0.25, -0.2) is 4.79 Å². The van der Waals surface area contributed by atoms with E-state index in [1.165, 1.54) is 0 Å². The molecule has 2 aromatic heterocycles. The molecular formula is C17H24N2O6. The third-order valence-electron chi connectivity index (χ3n) is 3.04. The lowest BCUT2D eigenvalue weighted by Crippen LogP contribution is -2.17. The molecule has 25 heavy (non-hydrogen) atoms. The molecule has 0 aliphatic heterocycles. The lowest BCUT2D eigenvalue weighted by atomic mass is 10.1. The van der Waals surface area contributed by atoms with E-state index >= 15 is 0 Å².